The summed E-state index contributed by atoms with van der Waals surface area (Å²) >= 11 is 0. The van der Waals surface area contributed by atoms with Crippen LogP contribution in [0.25, 0.3) is 0 Å². The lowest BCUT2D eigenvalue weighted by atomic mass is 9.93. The molecule has 11 nitrogen and oxygen atoms in total. The number of amides is 2. The topological polar surface area (TPSA) is 159 Å². The molecule has 38 heavy (non-hydrogen) atoms. The van der Waals surface area contributed by atoms with Crippen LogP contribution in [0.1, 0.15) is 18.1 Å². The van der Waals surface area contributed by atoms with Gasteiger partial charge >= 0.3 is 11.9 Å². The number of halogens is 3. The van der Waals surface area contributed by atoms with Crippen molar-refractivity contribution in [1.29, 1.82) is 0 Å². The lowest BCUT2D eigenvalue weighted by Crippen LogP contribution is -2.61. The summed E-state index contributed by atoms with van der Waals surface area (Å²) in [6.45, 7) is 0.972. The Kier molecular flexibility index (Phi) is 6.75. The van der Waals surface area contributed by atoms with E-state index in [9.17, 15) is 40.8 Å². The molecular formula is C23H20F3N5O6S. The van der Waals surface area contributed by atoms with Crippen molar-refractivity contribution in [3.05, 3.63) is 86.6 Å². The number of nitrogens with zero attached hydrogens (tertiary/aromatic N) is 1. The molecule has 0 bridgehead atoms. The van der Waals surface area contributed by atoms with Crippen molar-refractivity contribution >= 4 is 33.3 Å². The molecule has 1 atom stereocenters. The van der Waals surface area contributed by atoms with Gasteiger partial charge in [-0.1, -0.05) is 30.3 Å². The summed E-state index contributed by atoms with van der Waals surface area (Å²) in [7, 11) is -5.08. The minimum Gasteiger partial charge on any atom is -0.326 e. The number of alkyl halides is 3. The number of fused-ring (bicyclic) bond motifs is 1. The molecule has 0 aliphatic carbocycles. The van der Waals surface area contributed by atoms with Gasteiger partial charge in [-0.2, -0.15) is 17.9 Å². The van der Waals surface area contributed by atoms with E-state index in [0.29, 0.717) is 5.56 Å². The molecule has 0 saturated heterocycles. The molecule has 4 N–H and O–H groups in total. The minimum atomic E-state index is -5.64. The number of carbonyl (C=O) groups is 2. The van der Waals surface area contributed by atoms with Crippen LogP contribution in [0.4, 0.5) is 24.7 Å². The lowest BCUT2D eigenvalue weighted by Gasteiger charge is -2.29. The average molecular weight is 552 g/mol. The summed E-state index contributed by atoms with van der Waals surface area (Å²) in [5.74, 6) is -3.13. The fraction of sp³-hybridized carbons (Fsp3) is 0.217. The second-order valence-electron chi connectivity index (χ2n) is 8.38. The maximum atomic E-state index is 14.6. The molecular weight excluding hydrogens is 531 g/mol. The number of sulfonamides is 1. The predicted molar refractivity (Wildman–Crippen MR) is 129 cm³/mol. The SMILES string of the molecule is CC(=O)Nc1ccc(S(=O)(=O)N[C@@]2(C(F)(F)F)C(=O)Nc3c2c(=O)[nH]c(=O)n3CCc2ccccc2)cc1. The van der Waals surface area contributed by atoms with Gasteiger partial charge in [0.05, 0.1) is 10.5 Å². The Morgan fingerprint density at radius 3 is 2.24 bits per heavy atom. The standard InChI is InChI=1S/C23H20F3N5O6S/c1-13(32)27-15-7-9-16(10-8-15)38(36,37)30-22(23(24,25)26)17-18(28-20(22)34)31(21(35)29-19(17)33)12-11-14-5-3-2-4-6-14/h2-10,30H,11-12H2,1H3,(H,27,32)(H,28,34)(H,29,33,35)/t22-/m1/s1. The molecule has 0 radical (unpaired) electrons. The quantitative estimate of drug-likeness (QED) is 0.348. The number of H-pyrrole nitrogens is 1. The van der Waals surface area contributed by atoms with E-state index in [1.807, 2.05) is 5.32 Å². The number of aromatic nitrogens is 2. The van der Waals surface area contributed by atoms with Gasteiger partial charge < -0.3 is 10.6 Å². The minimum absolute atomic E-state index is 0.153. The summed E-state index contributed by atoms with van der Waals surface area (Å²) in [5.41, 5.74) is -7.12. The normalized spacial score (nSPS) is 17.1. The number of carbonyl (C=O) groups excluding carboxylic acids is 2. The summed E-state index contributed by atoms with van der Waals surface area (Å²) in [6.07, 6.45) is -5.49. The van der Waals surface area contributed by atoms with Crippen LogP contribution in [0.15, 0.2) is 69.1 Å². The molecule has 2 amide bonds. The first kappa shape index (κ1) is 26.8. The van der Waals surface area contributed by atoms with Gasteiger partial charge in [0.2, 0.25) is 21.5 Å². The van der Waals surface area contributed by atoms with Crippen molar-refractivity contribution < 1.29 is 31.2 Å². The second kappa shape index (κ2) is 9.57. The number of aromatic amines is 1. The van der Waals surface area contributed by atoms with E-state index in [1.54, 1.807) is 35.3 Å². The maximum absolute atomic E-state index is 14.6. The van der Waals surface area contributed by atoms with Crippen molar-refractivity contribution in [2.75, 3.05) is 10.6 Å². The Labute approximate surface area is 212 Å². The van der Waals surface area contributed by atoms with Gasteiger partial charge in [0, 0.05) is 19.2 Å². The molecule has 0 unspecified atom stereocenters. The second-order valence-corrected chi connectivity index (χ2v) is 10.1. The number of hydrogen-bond donors (Lipinski definition) is 4. The number of anilines is 2. The van der Waals surface area contributed by atoms with Crippen LogP contribution in [0.3, 0.4) is 0 Å². The van der Waals surface area contributed by atoms with E-state index < -0.39 is 61.1 Å². The Bertz CT molecular complexity index is 1630. The van der Waals surface area contributed by atoms with Gasteiger partial charge in [0.1, 0.15) is 5.82 Å². The fourth-order valence-electron chi connectivity index (χ4n) is 4.07. The molecule has 0 saturated carbocycles. The first-order chi connectivity index (χ1) is 17.8. The van der Waals surface area contributed by atoms with Crippen LogP contribution >= 0.6 is 0 Å². The highest BCUT2D eigenvalue weighted by molar-refractivity contribution is 7.89. The number of aryl methyl sites for hydroxylation is 1. The van der Waals surface area contributed by atoms with Gasteiger partial charge in [-0.15, -0.1) is 0 Å². The Morgan fingerprint density at radius 1 is 1.03 bits per heavy atom. The van der Waals surface area contributed by atoms with E-state index in [4.69, 9.17) is 0 Å². The van der Waals surface area contributed by atoms with Crippen molar-refractivity contribution in [2.24, 2.45) is 0 Å². The van der Waals surface area contributed by atoms with Gasteiger partial charge in [-0.25, -0.2) is 13.2 Å². The third kappa shape index (κ3) is 4.72. The fourth-order valence-corrected chi connectivity index (χ4v) is 5.40. The van der Waals surface area contributed by atoms with Crippen LogP contribution in [0.5, 0.6) is 0 Å². The molecule has 200 valence electrons. The molecule has 1 aromatic heterocycles. The highest BCUT2D eigenvalue weighted by Crippen LogP contribution is 2.45. The van der Waals surface area contributed by atoms with Crippen LogP contribution in [-0.4, -0.2) is 36.0 Å². The highest BCUT2D eigenvalue weighted by Gasteiger charge is 2.69. The van der Waals surface area contributed by atoms with Crippen LogP contribution < -0.4 is 26.6 Å². The van der Waals surface area contributed by atoms with Gasteiger partial charge in [0.15, 0.2) is 0 Å². The molecule has 4 rings (SSSR count). The van der Waals surface area contributed by atoms with E-state index in [-0.39, 0.29) is 18.7 Å². The number of hydrogen-bond acceptors (Lipinski definition) is 6. The monoisotopic (exact) mass is 551 g/mol. The van der Waals surface area contributed by atoms with Crippen molar-refractivity contribution in [1.82, 2.24) is 14.3 Å². The Hall–Kier alpha value is -4.24. The zero-order valence-corrected chi connectivity index (χ0v) is 20.4. The van der Waals surface area contributed by atoms with Crippen molar-refractivity contribution in [2.45, 2.75) is 36.5 Å². The smallest absolute Gasteiger partial charge is 0.326 e. The van der Waals surface area contributed by atoms with Crippen LogP contribution in [0, 0.1) is 0 Å². The van der Waals surface area contributed by atoms with Gasteiger partial charge in [-0.05, 0) is 36.2 Å². The molecule has 15 heteroatoms. The molecule has 0 spiro atoms. The summed E-state index contributed by atoms with van der Waals surface area (Å²) in [5, 5.41) is 4.27. The number of nitrogens with one attached hydrogen (secondary N) is 4. The summed E-state index contributed by atoms with van der Waals surface area (Å²) < 4.78 is 72.0. The first-order valence-corrected chi connectivity index (χ1v) is 12.5. The number of rotatable bonds is 7. The summed E-state index contributed by atoms with van der Waals surface area (Å²) in [6, 6.07) is 12.7. The Morgan fingerprint density at radius 2 is 1.66 bits per heavy atom. The van der Waals surface area contributed by atoms with Crippen molar-refractivity contribution in [3.8, 4) is 0 Å². The average Bonchev–Trinajstić information content (AvgIpc) is 3.12. The predicted octanol–water partition coefficient (Wildman–Crippen LogP) is 1.43. The largest absolute Gasteiger partial charge is 0.421 e. The summed E-state index contributed by atoms with van der Waals surface area (Å²) in [4.78, 5) is 50.4. The lowest BCUT2D eigenvalue weighted by molar-refractivity contribution is -0.194. The molecule has 2 aromatic carbocycles. The van der Waals surface area contributed by atoms with E-state index in [0.717, 1.165) is 28.8 Å². The highest BCUT2D eigenvalue weighted by atomic mass is 32.2. The van der Waals surface area contributed by atoms with Crippen LogP contribution in [0.2, 0.25) is 0 Å². The Balaban J connectivity index is 1.81. The molecule has 0 fully saturated rings. The molecule has 3 aromatic rings. The zero-order chi connectivity index (χ0) is 27.9. The van der Waals surface area contributed by atoms with Crippen molar-refractivity contribution in [3.63, 3.8) is 0 Å². The van der Waals surface area contributed by atoms with E-state index in [1.165, 1.54) is 11.6 Å². The zero-order valence-electron chi connectivity index (χ0n) is 19.5. The molecule has 1 aliphatic heterocycles. The van der Waals surface area contributed by atoms with Crippen LogP contribution in [-0.2, 0) is 38.1 Å². The van der Waals surface area contributed by atoms with E-state index >= 15 is 0 Å². The van der Waals surface area contributed by atoms with Gasteiger partial charge in [-0.3, -0.25) is 23.9 Å². The first-order valence-electron chi connectivity index (χ1n) is 11.0. The van der Waals surface area contributed by atoms with E-state index in [2.05, 4.69) is 5.32 Å². The van der Waals surface area contributed by atoms with Gasteiger partial charge in [0.25, 0.3) is 11.5 Å². The molecule has 2 heterocycles. The third-order valence-corrected chi connectivity index (χ3v) is 7.28. The number of benzene rings is 2. The maximum Gasteiger partial charge on any atom is 0.421 e. The third-order valence-electron chi connectivity index (χ3n) is 5.81. The molecule has 1 aliphatic rings.